The van der Waals surface area contributed by atoms with E-state index in [0.717, 1.165) is 30.7 Å². The van der Waals surface area contributed by atoms with E-state index in [0.29, 0.717) is 16.2 Å². The van der Waals surface area contributed by atoms with Gasteiger partial charge in [-0.1, -0.05) is 5.10 Å². The van der Waals surface area contributed by atoms with Crippen LogP contribution in [0.4, 0.5) is 9.93 Å². The predicted molar refractivity (Wildman–Crippen MR) is 87.4 cm³/mol. The monoisotopic (exact) mass is 355 g/mol. The Hall–Kier alpha value is -1.94. The van der Waals surface area contributed by atoms with Crippen molar-refractivity contribution in [2.45, 2.75) is 37.8 Å². The number of nitrogens with one attached hydrogen (secondary N) is 2. The number of aromatic nitrogens is 2. The lowest BCUT2D eigenvalue weighted by Gasteiger charge is -2.42. The summed E-state index contributed by atoms with van der Waals surface area (Å²) in [7, 11) is 1.49. The summed E-state index contributed by atoms with van der Waals surface area (Å²) in [6.07, 6.45) is 3.93. The number of carbonyl (C=O) groups is 2. The Bertz CT molecular complexity index is 600. The minimum absolute atomic E-state index is 0.0558. The maximum atomic E-state index is 11.9. The third-order valence-corrected chi connectivity index (χ3v) is 5.09. The molecule has 0 unspecified atom stereocenters. The first kappa shape index (κ1) is 16.9. The van der Waals surface area contributed by atoms with E-state index >= 15 is 0 Å². The quantitative estimate of drug-likeness (QED) is 0.637. The van der Waals surface area contributed by atoms with E-state index in [9.17, 15) is 9.59 Å². The highest BCUT2D eigenvalue weighted by Gasteiger charge is 2.37. The molecule has 3 rings (SSSR count). The Kier molecular flexibility index (Phi) is 5.14. The summed E-state index contributed by atoms with van der Waals surface area (Å²) in [5, 5.41) is 22.8. The van der Waals surface area contributed by atoms with Gasteiger partial charge in [0.2, 0.25) is 5.13 Å². The molecule has 1 heterocycles. The van der Waals surface area contributed by atoms with Gasteiger partial charge in [-0.2, -0.15) is 0 Å². The lowest BCUT2D eigenvalue weighted by atomic mass is 9.85. The van der Waals surface area contributed by atoms with Crippen molar-refractivity contribution in [3.8, 4) is 5.19 Å². The zero-order valence-electron chi connectivity index (χ0n) is 13.4. The molecule has 2 saturated carbocycles. The second-order valence-electron chi connectivity index (χ2n) is 6.26. The molecule has 2 aliphatic rings. The van der Waals surface area contributed by atoms with E-state index in [-0.39, 0.29) is 24.7 Å². The standard InChI is InChI=1S/C14H21N5O4S/c1-23-14-18-17-13(24-14)16-12(22)15-9-4-10(5-9)19(7-11(20)21)6-8-2-3-8/h8-10H,2-7H2,1H3,(H,20,21)(H2,15,16,17,22). The zero-order chi connectivity index (χ0) is 17.1. The van der Waals surface area contributed by atoms with Gasteiger partial charge in [0.05, 0.1) is 13.7 Å². The van der Waals surface area contributed by atoms with Crippen LogP contribution >= 0.6 is 11.3 Å². The van der Waals surface area contributed by atoms with Crippen LogP contribution in [0, 0.1) is 5.92 Å². The lowest BCUT2D eigenvalue weighted by Crippen LogP contribution is -2.55. The molecule has 24 heavy (non-hydrogen) atoms. The summed E-state index contributed by atoms with van der Waals surface area (Å²) in [5.74, 6) is -0.151. The number of anilines is 1. The molecule has 2 amide bonds. The molecule has 0 bridgehead atoms. The number of carbonyl (C=O) groups excluding carboxylic acids is 1. The van der Waals surface area contributed by atoms with Crippen LogP contribution in [0.5, 0.6) is 5.19 Å². The maximum absolute atomic E-state index is 11.9. The first-order chi connectivity index (χ1) is 11.5. The number of ether oxygens (including phenoxy) is 1. The summed E-state index contributed by atoms with van der Waals surface area (Å²) < 4.78 is 4.92. The van der Waals surface area contributed by atoms with E-state index in [1.165, 1.54) is 20.0 Å². The van der Waals surface area contributed by atoms with Crippen molar-refractivity contribution < 1.29 is 19.4 Å². The molecular formula is C14H21N5O4S. The van der Waals surface area contributed by atoms with E-state index in [1.807, 2.05) is 4.90 Å². The van der Waals surface area contributed by atoms with Crippen LogP contribution in [0.1, 0.15) is 25.7 Å². The summed E-state index contributed by atoms with van der Waals surface area (Å²) in [6.45, 7) is 0.922. The Balaban J connectivity index is 1.41. The SMILES string of the molecule is COc1nnc(NC(=O)NC2CC(N(CC(=O)O)CC3CC3)C2)s1. The molecular weight excluding hydrogens is 334 g/mol. The van der Waals surface area contributed by atoms with Crippen LogP contribution in [0.25, 0.3) is 0 Å². The van der Waals surface area contributed by atoms with Crippen LogP contribution in [0.15, 0.2) is 0 Å². The molecule has 132 valence electrons. The third-order valence-electron chi connectivity index (χ3n) is 4.29. The Labute approximate surface area is 143 Å². The number of urea groups is 1. The van der Waals surface area contributed by atoms with Crippen LogP contribution < -0.4 is 15.4 Å². The summed E-state index contributed by atoms with van der Waals surface area (Å²) in [5.41, 5.74) is 0. The largest absolute Gasteiger partial charge is 0.480 e. The summed E-state index contributed by atoms with van der Waals surface area (Å²) in [6, 6.07) is -0.0434. The van der Waals surface area contributed by atoms with Gasteiger partial charge in [0.25, 0.3) is 5.19 Å². The molecule has 3 N–H and O–H groups in total. The number of hydrogen-bond acceptors (Lipinski definition) is 7. The van der Waals surface area contributed by atoms with Gasteiger partial charge < -0.3 is 15.2 Å². The van der Waals surface area contributed by atoms with Crippen molar-refractivity contribution >= 4 is 28.5 Å². The number of carboxylic acids is 1. The Morgan fingerprint density at radius 1 is 1.38 bits per heavy atom. The van der Waals surface area contributed by atoms with Gasteiger partial charge in [-0.05, 0) is 42.9 Å². The molecule has 1 aromatic heterocycles. The predicted octanol–water partition coefficient (Wildman–Crippen LogP) is 0.996. The molecule has 2 aliphatic carbocycles. The van der Waals surface area contributed by atoms with Crippen LogP contribution in [-0.4, -0.2) is 64.5 Å². The van der Waals surface area contributed by atoms with Gasteiger partial charge in [-0.25, -0.2) is 4.79 Å². The molecule has 0 spiro atoms. The average molecular weight is 355 g/mol. The second-order valence-corrected chi connectivity index (χ2v) is 7.20. The smallest absolute Gasteiger partial charge is 0.321 e. The molecule has 1 aromatic rings. The van der Waals surface area contributed by atoms with Crippen molar-refractivity contribution in [2.75, 3.05) is 25.5 Å². The molecule has 9 nitrogen and oxygen atoms in total. The summed E-state index contributed by atoms with van der Waals surface area (Å²) >= 11 is 1.15. The van der Waals surface area contributed by atoms with Crippen LogP contribution in [0.3, 0.4) is 0 Å². The molecule has 0 atom stereocenters. The number of rotatable bonds is 8. The molecule has 2 fully saturated rings. The normalized spacial score (nSPS) is 22.8. The van der Waals surface area contributed by atoms with Crippen LogP contribution in [-0.2, 0) is 4.79 Å². The number of amides is 2. The highest BCUT2D eigenvalue weighted by atomic mass is 32.1. The van der Waals surface area contributed by atoms with Gasteiger partial charge in [0, 0.05) is 18.6 Å². The topological polar surface area (TPSA) is 117 Å². The minimum atomic E-state index is -0.796. The van der Waals surface area contributed by atoms with Gasteiger partial charge in [-0.15, -0.1) is 5.10 Å². The first-order valence-corrected chi connectivity index (χ1v) is 8.76. The Morgan fingerprint density at radius 2 is 2.12 bits per heavy atom. The van der Waals surface area contributed by atoms with E-state index in [1.54, 1.807) is 0 Å². The van der Waals surface area contributed by atoms with Crippen molar-refractivity contribution in [3.05, 3.63) is 0 Å². The molecule has 0 saturated heterocycles. The van der Waals surface area contributed by atoms with Gasteiger partial charge in [0.1, 0.15) is 0 Å². The van der Waals surface area contributed by atoms with E-state index in [4.69, 9.17) is 9.84 Å². The number of hydrogen-bond donors (Lipinski definition) is 3. The minimum Gasteiger partial charge on any atom is -0.480 e. The highest BCUT2D eigenvalue weighted by Crippen LogP contribution is 2.33. The van der Waals surface area contributed by atoms with E-state index in [2.05, 4.69) is 20.8 Å². The fourth-order valence-electron chi connectivity index (χ4n) is 2.81. The van der Waals surface area contributed by atoms with Crippen molar-refractivity contribution in [3.63, 3.8) is 0 Å². The number of nitrogens with zero attached hydrogens (tertiary/aromatic N) is 3. The summed E-state index contributed by atoms with van der Waals surface area (Å²) in [4.78, 5) is 25.0. The first-order valence-electron chi connectivity index (χ1n) is 7.94. The number of methoxy groups -OCH3 is 1. The molecule has 10 heteroatoms. The lowest BCUT2D eigenvalue weighted by molar-refractivity contribution is -0.139. The fraction of sp³-hybridized carbons (Fsp3) is 0.714. The van der Waals surface area contributed by atoms with E-state index < -0.39 is 5.97 Å². The highest BCUT2D eigenvalue weighted by molar-refractivity contribution is 7.17. The van der Waals surface area contributed by atoms with Gasteiger partial charge in [-0.3, -0.25) is 15.0 Å². The van der Waals surface area contributed by atoms with Crippen molar-refractivity contribution in [1.29, 1.82) is 0 Å². The van der Waals surface area contributed by atoms with Crippen LogP contribution in [0.2, 0.25) is 0 Å². The fourth-order valence-corrected chi connectivity index (χ4v) is 3.37. The molecule has 0 aliphatic heterocycles. The average Bonchev–Trinajstić information content (AvgIpc) is 3.18. The molecule has 0 aromatic carbocycles. The van der Waals surface area contributed by atoms with Crippen molar-refractivity contribution in [2.24, 2.45) is 5.92 Å². The zero-order valence-corrected chi connectivity index (χ0v) is 14.2. The van der Waals surface area contributed by atoms with Crippen molar-refractivity contribution in [1.82, 2.24) is 20.4 Å². The third kappa shape index (κ3) is 4.54. The number of aliphatic carboxylic acids is 1. The van der Waals surface area contributed by atoms with Gasteiger partial charge in [0.15, 0.2) is 0 Å². The second kappa shape index (κ2) is 7.31. The molecule has 0 radical (unpaired) electrons. The Morgan fingerprint density at radius 3 is 2.71 bits per heavy atom. The number of carboxylic acid groups (broad SMARTS) is 1. The van der Waals surface area contributed by atoms with Gasteiger partial charge >= 0.3 is 12.0 Å². The maximum Gasteiger partial charge on any atom is 0.321 e.